The van der Waals surface area contributed by atoms with Crippen LogP contribution in [0.25, 0.3) is 0 Å². The van der Waals surface area contributed by atoms with Gasteiger partial charge in [-0.25, -0.2) is 0 Å². The van der Waals surface area contributed by atoms with Gasteiger partial charge < -0.3 is 9.47 Å². The Morgan fingerprint density at radius 3 is 2.50 bits per heavy atom. The number of alkyl halides is 3. The van der Waals surface area contributed by atoms with Crippen molar-refractivity contribution in [1.82, 2.24) is 0 Å². The van der Waals surface area contributed by atoms with Crippen molar-refractivity contribution in [3.63, 3.8) is 0 Å². The fourth-order valence-corrected chi connectivity index (χ4v) is 3.87. The number of methoxy groups -OCH3 is 1. The molecule has 0 bridgehead atoms. The van der Waals surface area contributed by atoms with Gasteiger partial charge in [-0.2, -0.15) is 18.3 Å². The third-order valence-corrected chi connectivity index (χ3v) is 5.80. The molecular formula is C22H16BrF3IN3O4. The van der Waals surface area contributed by atoms with Crippen molar-refractivity contribution in [2.24, 2.45) is 5.10 Å². The third kappa shape index (κ3) is 6.59. The van der Waals surface area contributed by atoms with Crippen LogP contribution >= 0.6 is 38.5 Å². The SMILES string of the molecule is COc1cc(/C=N\Nc2ccc(C(F)(F)F)cc2[N+](=O)[O-])cc(I)c1OCc1ccc(Br)cc1. The zero-order valence-electron chi connectivity index (χ0n) is 17.4. The summed E-state index contributed by atoms with van der Waals surface area (Å²) in [6, 6.07) is 13.3. The monoisotopic (exact) mass is 649 g/mol. The molecule has 0 radical (unpaired) electrons. The lowest BCUT2D eigenvalue weighted by atomic mass is 10.1. The lowest BCUT2D eigenvalue weighted by Gasteiger charge is -2.13. The molecule has 0 saturated carbocycles. The number of benzene rings is 3. The lowest BCUT2D eigenvalue weighted by Crippen LogP contribution is -2.06. The summed E-state index contributed by atoms with van der Waals surface area (Å²) in [7, 11) is 1.49. The first-order chi connectivity index (χ1) is 16.1. The van der Waals surface area contributed by atoms with E-state index in [1.54, 1.807) is 12.1 Å². The zero-order valence-corrected chi connectivity index (χ0v) is 21.1. The highest BCUT2D eigenvalue weighted by molar-refractivity contribution is 14.1. The summed E-state index contributed by atoms with van der Waals surface area (Å²) < 4.78 is 51.6. The second-order valence-corrected chi connectivity index (χ2v) is 8.88. The van der Waals surface area contributed by atoms with Gasteiger partial charge in [-0.1, -0.05) is 28.1 Å². The molecule has 34 heavy (non-hydrogen) atoms. The lowest BCUT2D eigenvalue weighted by molar-refractivity contribution is -0.384. The van der Waals surface area contributed by atoms with Crippen LogP contribution in [0.15, 0.2) is 64.2 Å². The van der Waals surface area contributed by atoms with Gasteiger partial charge >= 0.3 is 6.18 Å². The summed E-state index contributed by atoms with van der Waals surface area (Å²) in [5.74, 6) is 0.987. The van der Waals surface area contributed by atoms with E-state index in [9.17, 15) is 23.3 Å². The van der Waals surface area contributed by atoms with E-state index in [2.05, 4.69) is 49.0 Å². The Balaban J connectivity index is 1.77. The maximum atomic E-state index is 12.8. The van der Waals surface area contributed by atoms with Gasteiger partial charge in [-0.05, 0) is 70.1 Å². The number of nitrogens with zero attached hydrogens (tertiary/aromatic N) is 2. The smallest absolute Gasteiger partial charge is 0.416 e. The summed E-state index contributed by atoms with van der Waals surface area (Å²) in [6.07, 6.45) is -3.33. The number of anilines is 1. The van der Waals surface area contributed by atoms with E-state index in [1.165, 1.54) is 13.3 Å². The Morgan fingerprint density at radius 1 is 1.18 bits per heavy atom. The van der Waals surface area contributed by atoms with Crippen molar-refractivity contribution in [1.29, 1.82) is 0 Å². The minimum atomic E-state index is -4.69. The molecule has 0 amide bonds. The molecule has 0 unspecified atom stereocenters. The zero-order chi connectivity index (χ0) is 24.9. The van der Waals surface area contributed by atoms with Crippen molar-refractivity contribution in [2.75, 3.05) is 12.5 Å². The molecule has 0 atom stereocenters. The van der Waals surface area contributed by atoms with E-state index < -0.39 is 22.4 Å². The highest BCUT2D eigenvalue weighted by Crippen LogP contribution is 2.36. The van der Waals surface area contributed by atoms with E-state index in [1.807, 2.05) is 24.3 Å². The molecule has 12 heteroatoms. The normalized spacial score (nSPS) is 11.5. The number of hydrogen-bond acceptors (Lipinski definition) is 6. The van der Waals surface area contributed by atoms with Crippen LogP contribution in [-0.2, 0) is 12.8 Å². The Hall–Kier alpha value is -2.87. The van der Waals surface area contributed by atoms with Gasteiger partial charge in [0.05, 0.1) is 27.4 Å². The molecule has 0 heterocycles. The van der Waals surface area contributed by atoms with Crippen molar-refractivity contribution < 1.29 is 27.6 Å². The predicted octanol–water partition coefficient (Wildman–Crippen LogP) is 7.01. The number of ether oxygens (including phenoxy) is 2. The van der Waals surface area contributed by atoms with Crippen LogP contribution < -0.4 is 14.9 Å². The fourth-order valence-electron chi connectivity index (χ4n) is 2.82. The van der Waals surface area contributed by atoms with Crippen LogP contribution in [0, 0.1) is 13.7 Å². The Morgan fingerprint density at radius 2 is 1.88 bits per heavy atom. The molecule has 0 fully saturated rings. The topological polar surface area (TPSA) is 86.0 Å². The summed E-state index contributed by atoms with van der Waals surface area (Å²) in [5, 5.41) is 15.1. The number of halogens is 5. The molecule has 0 spiro atoms. The number of nitrogens with one attached hydrogen (secondary N) is 1. The molecule has 0 saturated heterocycles. The van der Waals surface area contributed by atoms with Gasteiger partial charge in [-0.15, -0.1) is 0 Å². The van der Waals surface area contributed by atoms with Crippen molar-refractivity contribution in [3.8, 4) is 11.5 Å². The number of nitro groups is 1. The van der Waals surface area contributed by atoms with Crippen LogP contribution in [0.2, 0.25) is 0 Å². The van der Waals surface area contributed by atoms with E-state index in [0.717, 1.165) is 25.7 Å². The number of hydrazone groups is 1. The van der Waals surface area contributed by atoms with Crippen LogP contribution in [-0.4, -0.2) is 18.2 Å². The second-order valence-electron chi connectivity index (χ2n) is 6.81. The van der Waals surface area contributed by atoms with E-state index in [4.69, 9.17) is 9.47 Å². The highest BCUT2D eigenvalue weighted by atomic mass is 127. The maximum absolute atomic E-state index is 12.8. The van der Waals surface area contributed by atoms with Crippen LogP contribution in [0.1, 0.15) is 16.7 Å². The Labute approximate surface area is 214 Å². The third-order valence-electron chi connectivity index (χ3n) is 4.47. The standard InChI is InChI=1S/C22H16BrF3IN3O4/c1-33-20-9-14(8-17(27)21(20)34-12-13-2-5-16(23)6-3-13)11-28-29-18-7-4-15(22(24,25)26)10-19(18)30(31)32/h2-11,29H,12H2,1H3/b28-11-. The number of hydrogen-bond donors (Lipinski definition) is 1. The second kappa shape index (κ2) is 11.0. The molecule has 3 aromatic carbocycles. The van der Waals surface area contributed by atoms with Gasteiger partial charge in [0.15, 0.2) is 11.5 Å². The fraction of sp³-hybridized carbons (Fsp3) is 0.136. The van der Waals surface area contributed by atoms with Gasteiger partial charge in [0.1, 0.15) is 12.3 Å². The van der Waals surface area contributed by atoms with Gasteiger partial charge in [0, 0.05) is 10.5 Å². The summed E-state index contributed by atoms with van der Waals surface area (Å²) in [6.45, 7) is 0.326. The van der Waals surface area contributed by atoms with Crippen molar-refractivity contribution in [2.45, 2.75) is 12.8 Å². The molecule has 0 aliphatic rings. The van der Waals surface area contributed by atoms with Crippen molar-refractivity contribution >= 4 is 56.1 Å². The van der Waals surface area contributed by atoms with E-state index >= 15 is 0 Å². The first-order valence-corrected chi connectivity index (χ1v) is 11.3. The number of rotatable bonds is 8. The number of nitro benzene ring substituents is 1. The molecule has 0 aliphatic carbocycles. The molecule has 3 rings (SSSR count). The Kier molecular flexibility index (Phi) is 8.36. The molecule has 0 aromatic heterocycles. The van der Waals surface area contributed by atoms with E-state index in [0.29, 0.717) is 29.7 Å². The predicted molar refractivity (Wildman–Crippen MR) is 134 cm³/mol. The van der Waals surface area contributed by atoms with Crippen LogP contribution in [0.4, 0.5) is 24.5 Å². The Bertz CT molecular complexity index is 1220. The summed E-state index contributed by atoms with van der Waals surface area (Å²) in [4.78, 5) is 10.3. The average Bonchev–Trinajstić information content (AvgIpc) is 2.78. The maximum Gasteiger partial charge on any atom is 0.416 e. The largest absolute Gasteiger partial charge is 0.493 e. The minimum absolute atomic E-state index is 0.176. The van der Waals surface area contributed by atoms with Gasteiger partial charge in [-0.3, -0.25) is 15.5 Å². The molecule has 7 nitrogen and oxygen atoms in total. The molecule has 178 valence electrons. The molecule has 3 aromatic rings. The molecular weight excluding hydrogens is 634 g/mol. The minimum Gasteiger partial charge on any atom is -0.493 e. The van der Waals surface area contributed by atoms with Gasteiger partial charge in [0.2, 0.25) is 0 Å². The average molecular weight is 650 g/mol. The molecule has 0 aliphatic heterocycles. The summed E-state index contributed by atoms with van der Waals surface area (Å²) in [5.41, 5.74) is 1.94. The first-order valence-electron chi connectivity index (χ1n) is 9.48. The van der Waals surface area contributed by atoms with E-state index in [-0.39, 0.29) is 5.69 Å². The first kappa shape index (κ1) is 25.7. The van der Waals surface area contributed by atoms with Gasteiger partial charge in [0.25, 0.3) is 5.69 Å². The highest BCUT2D eigenvalue weighted by Gasteiger charge is 2.33. The molecule has 1 N–H and O–H groups in total. The van der Waals surface area contributed by atoms with Crippen molar-refractivity contribution in [3.05, 3.63) is 89.4 Å². The quantitative estimate of drug-likeness (QED) is 0.123. The van der Waals surface area contributed by atoms with Crippen LogP contribution in [0.5, 0.6) is 11.5 Å². The van der Waals surface area contributed by atoms with Crippen LogP contribution in [0.3, 0.4) is 0 Å². The summed E-state index contributed by atoms with van der Waals surface area (Å²) >= 11 is 5.46.